The fourth-order valence-electron chi connectivity index (χ4n) is 5.63. The Morgan fingerprint density at radius 1 is 0.800 bits per heavy atom. The Morgan fingerprint density at radius 2 is 1.51 bits per heavy atom. The van der Waals surface area contributed by atoms with Crippen molar-refractivity contribution in [2.24, 2.45) is 0 Å². The second-order valence-electron chi connectivity index (χ2n) is 11.1. The largest absolute Gasteiger partial charge is 0.489 e. The van der Waals surface area contributed by atoms with E-state index in [4.69, 9.17) is 16.3 Å². The van der Waals surface area contributed by atoms with Crippen LogP contribution in [0.4, 0.5) is 4.39 Å². The molecule has 0 unspecified atom stereocenters. The Hall–Kier alpha value is -4.43. The van der Waals surface area contributed by atoms with Gasteiger partial charge in [-0.05, 0) is 72.4 Å². The van der Waals surface area contributed by atoms with Gasteiger partial charge in [-0.25, -0.2) is 4.39 Å². The first-order chi connectivity index (χ1) is 21.7. The summed E-state index contributed by atoms with van der Waals surface area (Å²) in [5, 5.41) is 0.900. The lowest BCUT2D eigenvalue weighted by Gasteiger charge is -2.13. The molecule has 6 rings (SSSR count). The fraction of sp³-hybridized carbons (Fsp3) is 0.135. The summed E-state index contributed by atoms with van der Waals surface area (Å²) in [5.41, 5.74) is 6.21. The zero-order chi connectivity index (χ0) is 31.6. The quantitative estimate of drug-likeness (QED) is 0.152. The zero-order valence-corrected chi connectivity index (χ0v) is 26.2. The van der Waals surface area contributed by atoms with Gasteiger partial charge < -0.3 is 9.30 Å². The number of aryl methyl sites for hydroxylation is 3. The molecule has 8 heteroatoms. The predicted molar refractivity (Wildman–Crippen MR) is 177 cm³/mol. The highest BCUT2D eigenvalue weighted by Gasteiger charge is 2.22. The minimum Gasteiger partial charge on any atom is -0.489 e. The van der Waals surface area contributed by atoms with Crippen molar-refractivity contribution in [2.45, 2.75) is 37.8 Å². The van der Waals surface area contributed by atoms with Gasteiger partial charge in [0.15, 0.2) is 5.82 Å². The van der Waals surface area contributed by atoms with Crippen molar-refractivity contribution in [3.8, 4) is 17.0 Å². The molecule has 0 spiro atoms. The lowest BCUT2D eigenvalue weighted by atomic mass is 10.0. The summed E-state index contributed by atoms with van der Waals surface area (Å²) < 4.78 is 57.6. The third kappa shape index (κ3) is 6.81. The standard InChI is InChI=1S/C37H31ClFNO4S/c1-25-11-20-35(45(41,42)43)29(21-25)17-16-26-12-14-27(15-13-26)23-40-34-19-18-30(44-24-28-7-3-2-4-8-28)22-32(34)36(39)37(40)31-9-5-6-10-33(31)38/h2-15,18-22H,16-17,23-24H2,1H3,(H,41,42,43). The molecular weight excluding hydrogens is 609 g/mol. The van der Waals surface area contributed by atoms with Gasteiger partial charge in [0, 0.05) is 22.5 Å². The van der Waals surface area contributed by atoms with Gasteiger partial charge in [0.05, 0.1) is 16.1 Å². The molecule has 5 aromatic carbocycles. The van der Waals surface area contributed by atoms with Crippen LogP contribution in [0.5, 0.6) is 5.75 Å². The van der Waals surface area contributed by atoms with E-state index in [1.54, 1.807) is 24.3 Å². The number of hydrogen-bond donors (Lipinski definition) is 1. The number of hydrogen-bond acceptors (Lipinski definition) is 3. The van der Waals surface area contributed by atoms with Crippen LogP contribution in [0.3, 0.4) is 0 Å². The molecule has 0 atom stereocenters. The maximum atomic E-state index is 16.3. The number of aromatic nitrogens is 1. The summed E-state index contributed by atoms with van der Waals surface area (Å²) in [5.74, 6) is 0.205. The van der Waals surface area contributed by atoms with Gasteiger partial charge in [-0.2, -0.15) is 8.42 Å². The topological polar surface area (TPSA) is 68.5 Å². The normalized spacial score (nSPS) is 11.6. The van der Waals surface area contributed by atoms with Gasteiger partial charge in [-0.1, -0.05) is 102 Å². The highest BCUT2D eigenvalue weighted by molar-refractivity contribution is 7.85. The van der Waals surface area contributed by atoms with E-state index in [0.29, 0.717) is 59.0 Å². The van der Waals surface area contributed by atoms with Gasteiger partial charge in [0.2, 0.25) is 0 Å². The third-order valence-corrected chi connectivity index (χ3v) is 9.17. The van der Waals surface area contributed by atoms with Crippen LogP contribution >= 0.6 is 11.6 Å². The van der Waals surface area contributed by atoms with E-state index in [1.165, 1.54) is 6.07 Å². The van der Waals surface area contributed by atoms with E-state index in [-0.39, 0.29) is 10.7 Å². The van der Waals surface area contributed by atoms with Gasteiger partial charge in [-0.3, -0.25) is 4.55 Å². The summed E-state index contributed by atoms with van der Waals surface area (Å²) in [7, 11) is -4.31. The number of fused-ring (bicyclic) bond motifs is 1. The molecule has 0 fully saturated rings. The van der Waals surface area contributed by atoms with Crippen LogP contribution in [0.15, 0.2) is 120 Å². The van der Waals surface area contributed by atoms with Crippen molar-refractivity contribution in [1.82, 2.24) is 4.57 Å². The van der Waals surface area contributed by atoms with E-state index in [1.807, 2.05) is 96.4 Å². The lowest BCUT2D eigenvalue weighted by Crippen LogP contribution is -2.05. The average molecular weight is 640 g/mol. The summed E-state index contributed by atoms with van der Waals surface area (Å²) in [6, 6.07) is 35.4. The van der Waals surface area contributed by atoms with E-state index < -0.39 is 10.1 Å². The summed E-state index contributed by atoms with van der Waals surface area (Å²) in [6.45, 7) is 2.66. The lowest BCUT2D eigenvalue weighted by molar-refractivity contribution is 0.306. The van der Waals surface area contributed by atoms with Crippen LogP contribution in [0, 0.1) is 12.7 Å². The first-order valence-corrected chi connectivity index (χ1v) is 16.4. The SMILES string of the molecule is Cc1ccc(S(=O)(=O)O)c(CCc2ccc(Cn3c(-c4ccccc4Cl)c(F)c4cc(OCc5ccccc5)ccc43)cc2)c1. The Balaban J connectivity index is 1.29. The maximum absolute atomic E-state index is 16.3. The molecule has 0 bridgehead atoms. The van der Waals surface area contributed by atoms with Crippen LogP contribution in [0.1, 0.15) is 27.8 Å². The van der Waals surface area contributed by atoms with E-state index in [0.717, 1.165) is 27.8 Å². The Kier molecular flexibility index (Phi) is 8.76. The Morgan fingerprint density at radius 3 is 2.24 bits per heavy atom. The average Bonchev–Trinajstić information content (AvgIpc) is 3.29. The number of nitrogens with zero attached hydrogens (tertiary/aromatic N) is 1. The van der Waals surface area contributed by atoms with Crippen molar-refractivity contribution in [1.29, 1.82) is 0 Å². The smallest absolute Gasteiger partial charge is 0.294 e. The predicted octanol–water partition coefficient (Wildman–Crippen LogP) is 9.07. The molecule has 0 saturated carbocycles. The number of ether oxygens (including phenoxy) is 1. The molecule has 1 aromatic heterocycles. The molecule has 0 saturated heterocycles. The summed E-state index contributed by atoms with van der Waals surface area (Å²) in [4.78, 5) is -0.0630. The molecule has 1 heterocycles. The van der Waals surface area contributed by atoms with E-state index in [2.05, 4.69) is 0 Å². The van der Waals surface area contributed by atoms with Crippen LogP contribution in [0.25, 0.3) is 22.2 Å². The van der Waals surface area contributed by atoms with Crippen molar-refractivity contribution in [3.63, 3.8) is 0 Å². The molecule has 0 aliphatic heterocycles. The molecular formula is C37H31ClFNO4S. The molecule has 0 radical (unpaired) electrons. The molecule has 1 N–H and O–H groups in total. The first-order valence-electron chi connectivity index (χ1n) is 14.6. The van der Waals surface area contributed by atoms with Crippen LogP contribution in [-0.4, -0.2) is 17.5 Å². The Bertz CT molecular complexity index is 2090. The van der Waals surface area contributed by atoms with Crippen LogP contribution in [-0.2, 0) is 36.1 Å². The maximum Gasteiger partial charge on any atom is 0.294 e. The second kappa shape index (κ2) is 12.9. The van der Waals surface area contributed by atoms with Crippen molar-refractivity contribution in [2.75, 3.05) is 0 Å². The first kappa shape index (κ1) is 30.6. The fourth-order valence-corrected chi connectivity index (χ4v) is 6.59. The summed E-state index contributed by atoms with van der Waals surface area (Å²) in [6.07, 6.45) is 1.04. The monoisotopic (exact) mass is 639 g/mol. The number of halogens is 2. The van der Waals surface area contributed by atoms with Gasteiger partial charge >= 0.3 is 0 Å². The minimum atomic E-state index is -4.31. The Labute approximate surface area is 267 Å². The molecule has 45 heavy (non-hydrogen) atoms. The molecule has 0 aliphatic carbocycles. The van der Waals surface area contributed by atoms with Crippen molar-refractivity contribution >= 4 is 32.6 Å². The van der Waals surface area contributed by atoms with E-state index in [9.17, 15) is 13.0 Å². The van der Waals surface area contributed by atoms with E-state index >= 15 is 4.39 Å². The second-order valence-corrected chi connectivity index (χ2v) is 12.9. The highest BCUT2D eigenvalue weighted by atomic mass is 35.5. The number of rotatable bonds is 10. The van der Waals surface area contributed by atoms with Crippen LogP contribution in [0.2, 0.25) is 5.02 Å². The van der Waals surface area contributed by atoms with Gasteiger partial charge in [0.1, 0.15) is 12.4 Å². The summed E-state index contributed by atoms with van der Waals surface area (Å²) >= 11 is 6.58. The van der Waals surface area contributed by atoms with Crippen LogP contribution < -0.4 is 4.74 Å². The van der Waals surface area contributed by atoms with Gasteiger partial charge in [0.25, 0.3) is 10.1 Å². The number of benzene rings is 5. The molecule has 0 aliphatic rings. The third-order valence-electron chi connectivity index (χ3n) is 7.89. The highest BCUT2D eigenvalue weighted by Crippen LogP contribution is 2.38. The molecule has 6 aromatic rings. The zero-order valence-electron chi connectivity index (χ0n) is 24.6. The molecule has 5 nitrogen and oxygen atoms in total. The van der Waals surface area contributed by atoms with Crippen molar-refractivity contribution < 1.29 is 22.1 Å². The molecule has 228 valence electrons. The van der Waals surface area contributed by atoms with Crippen molar-refractivity contribution in [3.05, 3.63) is 154 Å². The molecule has 0 amide bonds. The minimum absolute atomic E-state index is 0.0630. The van der Waals surface area contributed by atoms with Gasteiger partial charge in [-0.15, -0.1) is 0 Å².